The first-order valence-electron chi connectivity index (χ1n) is 9.49. The van der Waals surface area contributed by atoms with Gasteiger partial charge in [0.2, 0.25) is 5.91 Å². The Morgan fingerprint density at radius 1 is 1.23 bits per heavy atom. The van der Waals surface area contributed by atoms with Gasteiger partial charge in [0.25, 0.3) is 10.0 Å². The Kier molecular flexibility index (Phi) is 6.08. The third-order valence-electron chi connectivity index (χ3n) is 4.71. The fourth-order valence-corrected chi connectivity index (χ4v) is 5.48. The molecule has 0 fully saturated rings. The van der Waals surface area contributed by atoms with Crippen LogP contribution >= 0.6 is 22.9 Å². The van der Waals surface area contributed by atoms with Gasteiger partial charge in [-0.25, -0.2) is 13.4 Å². The number of sulfonamides is 1. The number of hydrogen-bond donors (Lipinski definition) is 2. The zero-order chi connectivity index (χ0) is 22.0. The van der Waals surface area contributed by atoms with Gasteiger partial charge in [0.15, 0.2) is 5.13 Å². The number of thiazole rings is 1. The first-order valence-corrected chi connectivity index (χ1v) is 12.2. The average molecular weight is 475 g/mol. The summed E-state index contributed by atoms with van der Waals surface area (Å²) in [6.07, 6.45) is 2.47. The standard InChI is InChI=1S/C21H19ClN4O3S2/c1-13-5-4-6-14(19(13)22)11-15-12-24-21(30-15)25-18(27)9-10-23-20-16-7-2-3-8-17(16)31(28,29)26-20/h2-8,12H,9-11H2,1H3,(H,23,26)(H,24,25,27). The lowest BCUT2D eigenvalue weighted by atomic mass is 10.1. The molecular formula is C21H19ClN4O3S2. The number of aliphatic imine (C=N–C) groups is 1. The molecule has 7 nitrogen and oxygen atoms in total. The summed E-state index contributed by atoms with van der Waals surface area (Å²) >= 11 is 7.74. The van der Waals surface area contributed by atoms with Crippen molar-refractivity contribution in [3.05, 3.63) is 75.3 Å². The maximum Gasteiger partial charge on any atom is 0.263 e. The lowest BCUT2D eigenvalue weighted by Crippen LogP contribution is -2.23. The van der Waals surface area contributed by atoms with Crippen molar-refractivity contribution in [3.63, 3.8) is 0 Å². The molecule has 2 N–H and O–H groups in total. The second kappa shape index (κ2) is 8.78. The van der Waals surface area contributed by atoms with E-state index in [1.54, 1.807) is 24.4 Å². The van der Waals surface area contributed by atoms with Gasteiger partial charge >= 0.3 is 0 Å². The summed E-state index contributed by atoms with van der Waals surface area (Å²) in [5, 5.41) is 4.01. The number of hydrogen-bond acceptors (Lipinski definition) is 6. The zero-order valence-corrected chi connectivity index (χ0v) is 18.9. The number of aryl methyl sites for hydroxylation is 1. The molecule has 0 aliphatic carbocycles. The van der Waals surface area contributed by atoms with Crippen molar-refractivity contribution in [3.8, 4) is 0 Å². The minimum atomic E-state index is -3.58. The second-order valence-corrected chi connectivity index (χ2v) is 10.1. The van der Waals surface area contributed by atoms with E-state index in [1.165, 1.54) is 17.4 Å². The first-order chi connectivity index (χ1) is 14.8. The Morgan fingerprint density at radius 2 is 2.03 bits per heavy atom. The predicted molar refractivity (Wildman–Crippen MR) is 123 cm³/mol. The predicted octanol–water partition coefficient (Wildman–Crippen LogP) is 3.76. The van der Waals surface area contributed by atoms with Crippen molar-refractivity contribution in [1.29, 1.82) is 0 Å². The summed E-state index contributed by atoms with van der Waals surface area (Å²) in [6.45, 7) is 2.11. The molecule has 1 aliphatic heterocycles. The summed E-state index contributed by atoms with van der Waals surface area (Å²) in [7, 11) is -3.58. The van der Waals surface area contributed by atoms with Crippen molar-refractivity contribution in [2.45, 2.75) is 24.7 Å². The quantitative estimate of drug-likeness (QED) is 0.568. The summed E-state index contributed by atoms with van der Waals surface area (Å²) in [6, 6.07) is 12.5. The minimum Gasteiger partial charge on any atom is -0.302 e. The van der Waals surface area contributed by atoms with Crippen LogP contribution in [0.5, 0.6) is 0 Å². The third kappa shape index (κ3) is 4.79. The lowest BCUT2D eigenvalue weighted by Gasteiger charge is -2.04. The molecule has 3 aromatic rings. The molecule has 160 valence electrons. The van der Waals surface area contributed by atoms with Crippen molar-refractivity contribution in [2.75, 3.05) is 11.9 Å². The second-order valence-electron chi connectivity index (χ2n) is 6.99. The number of rotatable bonds is 6. The van der Waals surface area contributed by atoms with Gasteiger partial charge in [-0.3, -0.25) is 14.5 Å². The Hall–Kier alpha value is -2.75. The Bertz CT molecular complexity index is 1290. The Morgan fingerprint density at radius 3 is 2.87 bits per heavy atom. The van der Waals surface area contributed by atoms with Crippen LogP contribution in [0.4, 0.5) is 5.13 Å². The van der Waals surface area contributed by atoms with Gasteiger partial charge in [-0.15, -0.1) is 11.3 Å². The summed E-state index contributed by atoms with van der Waals surface area (Å²) in [5.41, 5.74) is 2.55. The number of nitrogens with one attached hydrogen (secondary N) is 2. The average Bonchev–Trinajstić information content (AvgIpc) is 3.27. The number of amidine groups is 1. The highest BCUT2D eigenvalue weighted by atomic mass is 35.5. The number of carbonyl (C=O) groups is 1. The molecule has 0 atom stereocenters. The van der Waals surface area contributed by atoms with Gasteiger partial charge in [-0.1, -0.05) is 41.9 Å². The molecule has 1 aliphatic rings. The zero-order valence-electron chi connectivity index (χ0n) is 16.6. The number of fused-ring (bicyclic) bond motifs is 1. The van der Waals surface area contributed by atoms with Crippen LogP contribution < -0.4 is 10.0 Å². The molecule has 0 radical (unpaired) electrons. The van der Waals surface area contributed by atoms with Crippen LogP contribution in [0.25, 0.3) is 0 Å². The maximum absolute atomic E-state index is 12.3. The van der Waals surface area contributed by atoms with E-state index >= 15 is 0 Å². The van der Waals surface area contributed by atoms with Crippen molar-refractivity contribution in [2.24, 2.45) is 4.99 Å². The highest BCUT2D eigenvalue weighted by molar-refractivity contribution is 7.90. The smallest absolute Gasteiger partial charge is 0.263 e. The van der Waals surface area contributed by atoms with E-state index in [1.807, 2.05) is 25.1 Å². The third-order valence-corrected chi connectivity index (χ3v) is 7.56. The summed E-state index contributed by atoms with van der Waals surface area (Å²) in [4.78, 5) is 21.9. The molecule has 0 bridgehead atoms. The van der Waals surface area contributed by atoms with Gasteiger partial charge in [0, 0.05) is 34.5 Å². The fourth-order valence-electron chi connectivity index (χ4n) is 3.18. The van der Waals surface area contributed by atoms with Crippen LogP contribution in [-0.4, -0.2) is 31.7 Å². The van der Waals surface area contributed by atoms with Crippen molar-refractivity contribution >= 4 is 49.8 Å². The molecule has 31 heavy (non-hydrogen) atoms. The van der Waals surface area contributed by atoms with Gasteiger partial charge in [0.05, 0.1) is 11.4 Å². The largest absolute Gasteiger partial charge is 0.302 e. The molecule has 10 heteroatoms. The number of benzene rings is 2. The molecule has 1 aromatic heterocycles. The Balaban J connectivity index is 1.34. The number of amides is 1. The van der Waals surface area contributed by atoms with Crippen LogP contribution in [0, 0.1) is 6.92 Å². The van der Waals surface area contributed by atoms with Crippen molar-refractivity contribution < 1.29 is 13.2 Å². The Labute approximate surface area is 189 Å². The van der Waals surface area contributed by atoms with Crippen LogP contribution in [0.1, 0.15) is 28.0 Å². The number of anilines is 1. The molecule has 2 aromatic carbocycles. The van der Waals surface area contributed by atoms with E-state index in [-0.39, 0.29) is 29.6 Å². The monoisotopic (exact) mass is 474 g/mol. The SMILES string of the molecule is Cc1cccc(Cc2cnc(NC(=O)CCN=C3NS(=O)(=O)c4ccccc43)s2)c1Cl. The van der Waals surface area contributed by atoms with Gasteiger partial charge in [-0.2, -0.15) is 0 Å². The fraction of sp³-hybridized carbons (Fsp3) is 0.190. The molecular weight excluding hydrogens is 456 g/mol. The van der Waals surface area contributed by atoms with Crippen molar-refractivity contribution in [1.82, 2.24) is 9.71 Å². The molecule has 0 spiro atoms. The highest BCUT2D eigenvalue weighted by Crippen LogP contribution is 2.27. The molecule has 2 heterocycles. The van der Waals surface area contributed by atoms with E-state index < -0.39 is 10.0 Å². The van der Waals surface area contributed by atoms with Gasteiger partial charge in [-0.05, 0) is 30.2 Å². The molecule has 0 saturated heterocycles. The first kappa shape index (κ1) is 21.5. The van der Waals surface area contributed by atoms with E-state index in [0.29, 0.717) is 17.1 Å². The maximum atomic E-state index is 12.3. The lowest BCUT2D eigenvalue weighted by molar-refractivity contribution is -0.116. The molecule has 0 saturated carbocycles. The van der Waals surface area contributed by atoms with Crippen LogP contribution in [0.2, 0.25) is 5.02 Å². The number of halogens is 1. The van der Waals surface area contributed by atoms with E-state index in [0.717, 1.165) is 21.0 Å². The van der Waals surface area contributed by atoms with Gasteiger partial charge < -0.3 is 5.32 Å². The van der Waals surface area contributed by atoms with E-state index in [4.69, 9.17) is 11.6 Å². The molecule has 0 unspecified atom stereocenters. The topological polar surface area (TPSA) is 101 Å². The summed E-state index contributed by atoms with van der Waals surface area (Å²) < 4.78 is 26.6. The number of nitrogens with zero attached hydrogens (tertiary/aromatic N) is 2. The van der Waals surface area contributed by atoms with E-state index in [9.17, 15) is 13.2 Å². The van der Waals surface area contributed by atoms with Gasteiger partial charge in [0.1, 0.15) is 5.84 Å². The minimum absolute atomic E-state index is 0.103. The van der Waals surface area contributed by atoms with E-state index in [2.05, 4.69) is 20.0 Å². The van der Waals surface area contributed by atoms with Crippen LogP contribution in [-0.2, 0) is 21.2 Å². The number of carbonyl (C=O) groups excluding carboxylic acids is 1. The summed E-state index contributed by atoms with van der Waals surface area (Å²) in [5.74, 6) is 0.0166. The van der Waals surface area contributed by atoms with Crippen LogP contribution in [0.3, 0.4) is 0 Å². The normalized spacial score (nSPS) is 15.5. The van der Waals surface area contributed by atoms with Crippen LogP contribution in [0.15, 0.2) is 58.5 Å². The highest BCUT2D eigenvalue weighted by Gasteiger charge is 2.29. The molecule has 4 rings (SSSR count). The molecule has 1 amide bonds. The number of aromatic nitrogens is 1.